The van der Waals surface area contributed by atoms with Crippen molar-refractivity contribution in [2.75, 3.05) is 32.1 Å². The SMILES string of the molecule is COc1c(C)cccc1NCC1=NCCN1. The van der Waals surface area contributed by atoms with Gasteiger partial charge in [-0.25, -0.2) is 0 Å². The Kier molecular flexibility index (Phi) is 3.29. The van der Waals surface area contributed by atoms with Crippen LogP contribution in [0.5, 0.6) is 5.75 Å². The lowest BCUT2D eigenvalue weighted by Gasteiger charge is -2.13. The highest BCUT2D eigenvalue weighted by atomic mass is 16.5. The molecule has 0 aliphatic carbocycles. The van der Waals surface area contributed by atoms with Crippen molar-refractivity contribution in [3.05, 3.63) is 23.8 Å². The highest BCUT2D eigenvalue weighted by Gasteiger charge is 2.08. The Morgan fingerprint density at radius 2 is 2.38 bits per heavy atom. The number of anilines is 1. The van der Waals surface area contributed by atoms with Crippen LogP contribution >= 0.6 is 0 Å². The third-order valence-corrected chi connectivity index (χ3v) is 2.61. The third-order valence-electron chi connectivity index (χ3n) is 2.61. The summed E-state index contributed by atoms with van der Waals surface area (Å²) in [5.74, 6) is 1.92. The maximum absolute atomic E-state index is 5.37. The Balaban J connectivity index is 2.05. The minimum Gasteiger partial charge on any atom is -0.494 e. The highest BCUT2D eigenvalue weighted by Crippen LogP contribution is 2.27. The van der Waals surface area contributed by atoms with E-state index in [2.05, 4.69) is 15.6 Å². The average molecular weight is 219 g/mol. The van der Waals surface area contributed by atoms with E-state index in [1.165, 1.54) is 0 Å². The predicted molar refractivity (Wildman–Crippen MR) is 66.5 cm³/mol. The highest BCUT2D eigenvalue weighted by molar-refractivity contribution is 5.87. The van der Waals surface area contributed by atoms with Gasteiger partial charge in [0.2, 0.25) is 0 Å². The van der Waals surface area contributed by atoms with Crippen LogP contribution in [0.2, 0.25) is 0 Å². The number of methoxy groups -OCH3 is 1. The number of para-hydroxylation sites is 1. The van der Waals surface area contributed by atoms with E-state index in [0.717, 1.165) is 42.5 Å². The Hall–Kier alpha value is -1.71. The first-order valence-electron chi connectivity index (χ1n) is 5.46. The molecule has 4 heteroatoms. The molecule has 0 bridgehead atoms. The van der Waals surface area contributed by atoms with Gasteiger partial charge in [0.25, 0.3) is 0 Å². The molecule has 0 saturated carbocycles. The Morgan fingerprint density at radius 3 is 3.06 bits per heavy atom. The molecule has 1 aliphatic heterocycles. The topological polar surface area (TPSA) is 45.6 Å². The molecule has 0 fully saturated rings. The van der Waals surface area contributed by atoms with E-state index in [-0.39, 0.29) is 0 Å². The first-order chi connectivity index (χ1) is 7.81. The number of aryl methyl sites for hydroxylation is 1. The van der Waals surface area contributed by atoms with E-state index in [0.29, 0.717) is 0 Å². The molecule has 1 aromatic carbocycles. The fourth-order valence-electron chi connectivity index (χ4n) is 1.81. The zero-order chi connectivity index (χ0) is 11.4. The van der Waals surface area contributed by atoms with Crippen molar-refractivity contribution in [3.63, 3.8) is 0 Å². The number of rotatable bonds is 4. The molecule has 1 aromatic rings. The van der Waals surface area contributed by atoms with Crippen molar-refractivity contribution in [2.45, 2.75) is 6.92 Å². The molecule has 0 unspecified atom stereocenters. The fourth-order valence-corrected chi connectivity index (χ4v) is 1.81. The van der Waals surface area contributed by atoms with Crippen molar-refractivity contribution in [1.82, 2.24) is 5.32 Å². The molecule has 16 heavy (non-hydrogen) atoms. The monoisotopic (exact) mass is 219 g/mol. The van der Waals surface area contributed by atoms with Gasteiger partial charge < -0.3 is 15.4 Å². The molecule has 0 amide bonds. The number of nitrogens with zero attached hydrogens (tertiary/aromatic N) is 1. The van der Waals surface area contributed by atoms with Gasteiger partial charge in [0.1, 0.15) is 11.6 Å². The van der Waals surface area contributed by atoms with E-state index in [4.69, 9.17) is 4.74 Å². The van der Waals surface area contributed by atoms with Crippen LogP contribution in [-0.4, -0.2) is 32.6 Å². The molecular weight excluding hydrogens is 202 g/mol. The standard InChI is InChI=1S/C12H17N3O/c1-9-4-3-5-10(12(9)16-2)15-8-11-13-6-7-14-11/h3-5,15H,6-8H2,1-2H3,(H,13,14). The van der Waals surface area contributed by atoms with Crippen molar-refractivity contribution >= 4 is 11.5 Å². The van der Waals surface area contributed by atoms with E-state index in [1.54, 1.807) is 7.11 Å². The van der Waals surface area contributed by atoms with Gasteiger partial charge in [-0.2, -0.15) is 0 Å². The van der Waals surface area contributed by atoms with Gasteiger partial charge in [-0.05, 0) is 18.6 Å². The fraction of sp³-hybridized carbons (Fsp3) is 0.417. The number of nitrogens with one attached hydrogen (secondary N) is 2. The second-order valence-electron chi connectivity index (χ2n) is 3.76. The van der Waals surface area contributed by atoms with Crippen LogP contribution in [0.15, 0.2) is 23.2 Å². The number of hydrogen-bond donors (Lipinski definition) is 2. The average Bonchev–Trinajstić information content (AvgIpc) is 2.79. The summed E-state index contributed by atoms with van der Waals surface area (Å²) in [6.45, 7) is 4.58. The molecule has 2 rings (SSSR count). The van der Waals surface area contributed by atoms with Crippen molar-refractivity contribution in [3.8, 4) is 5.75 Å². The van der Waals surface area contributed by atoms with Crippen molar-refractivity contribution in [1.29, 1.82) is 0 Å². The second kappa shape index (κ2) is 4.88. The first kappa shape index (κ1) is 10.8. The molecule has 0 spiro atoms. The summed E-state index contributed by atoms with van der Waals surface area (Å²) < 4.78 is 5.37. The maximum atomic E-state index is 5.37. The zero-order valence-corrected chi connectivity index (χ0v) is 9.71. The molecule has 4 nitrogen and oxygen atoms in total. The molecule has 2 N–H and O–H groups in total. The van der Waals surface area contributed by atoms with E-state index in [9.17, 15) is 0 Å². The summed E-state index contributed by atoms with van der Waals surface area (Å²) in [7, 11) is 1.69. The molecule has 0 aromatic heterocycles. The van der Waals surface area contributed by atoms with E-state index >= 15 is 0 Å². The normalized spacial score (nSPS) is 14.2. The number of aliphatic imine (C=N–C) groups is 1. The Bertz CT molecular complexity index is 401. The summed E-state index contributed by atoms with van der Waals surface area (Å²) in [6, 6.07) is 6.07. The summed E-state index contributed by atoms with van der Waals surface area (Å²) in [4.78, 5) is 4.33. The number of ether oxygens (including phenoxy) is 1. The van der Waals surface area contributed by atoms with Gasteiger partial charge in [-0.15, -0.1) is 0 Å². The Labute approximate surface area is 95.7 Å². The van der Waals surface area contributed by atoms with Crippen LogP contribution in [0.4, 0.5) is 5.69 Å². The first-order valence-corrected chi connectivity index (χ1v) is 5.46. The van der Waals surface area contributed by atoms with Crippen molar-refractivity contribution in [2.24, 2.45) is 4.99 Å². The Morgan fingerprint density at radius 1 is 1.50 bits per heavy atom. The molecule has 0 atom stereocenters. The van der Waals surface area contributed by atoms with Gasteiger partial charge in [0.05, 0.1) is 25.9 Å². The predicted octanol–water partition coefficient (Wildman–Crippen LogP) is 1.42. The second-order valence-corrected chi connectivity index (χ2v) is 3.76. The lowest BCUT2D eigenvalue weighted by Crippen LogP contribution is -2.26. The molecule has 0 radical (unpaired) electrons. The molecule has 1 aliphatic rings. The molecule has 86 valence electrons. The minimum absolute atomic E-state index is 0.722. The number of benzene rings is 1. The van der Waals surface area contributed by atoms with E-state index < -0.39 is 0 Å². The number of hydrogen-bond acceptors (Lipinski definition) is 4. The molecular formula is C12H17N3O. The largest absolute Gasteiger partial charge is 0.494 e. The van der Waals surface area contributed by atoms with Crippen LogP contribution in [0.3, 0.4) is 0 Å². The quantitative estimate of drug-likeness (QED) is 0.805. The van der Waals surface area contributed by atoms with Gasteiger partial charge in [-0.1, -0.05) is 12.1 Å². The summed E-state index contributed by atoms with van der Waals surface area (Å²) in [5, 5.41) is 6.55. The van der Waals surface area contributed by atoms with Crippen LogP contribution in [0.25, 0.3) is 0 Å². The van der Waals surface area contributed by atoms with Crippen molar-refractivity contribution < 1.29 is 4.74 Å². The zero-order valence-electron chi connectivity index (χ0n) is 9.71. The lowest BCUT2D eigenvalue weighted by molar-refractivity contribution is 0.413. The van der Waals surface area contributed by atoms with Crippen LogP contribution < -0.4 is 15.4 Å². The van der Waals surface area contributed by atoms with Crippen LogP contribution in [-0.2, 0) is 0 Å². The molecule has 0 saturated heterocycles. The maximum Gasteiger partial charge on any atom is 0.144 e. The van der Waals surface area contributed by atoms with Gasteiger partial charge >= 0.3 is 0 Å². The number of amidine groups is 1. The summed E-state index contributed by atoms with van der Waals surface area (Å²) in [5.41, 5.74) is 2.15. The molecule has 1 heterocycles. The summed E-state index contributed by atoms with van der Waals surface area (Å²) in [6.07, 6.45) is 0. The summed E-state index contributed by atoms with van der Waals surface area (Å²) >= 11 is 0. The van der Waals surface area contributed by atoms with Gasteiger partial charge in [0.15, 0.2) is 0 Å². The van der Waals surface area contributed by atoms with Gasteiger partial charge in [0, 0.05) is 6.54 Å². The van der Waals surface area contributed by atoms with Gasteiger partial charge in [-0.3, -0.25) is 4.99 Å². The lowest BCUT2D eigenvalue weighted by atomic mass is 10.2. The minimum atomic E-state index is 0.722. The smallest absolute Gasteiger partial charge is 0.144 e. The van der Waals surface area contributed by atoms with Crippen LogP contribution in [0, 0.1) is 6.92 Å². The third kappa shape index (κ3) is 2.27. The van der Waals surface area contributed by atoms with E-state index in [1.807, 2.05) is 25.1 Å². The van der Waals surface area contributed by atoms with Crippen LogP contribution in [0.1, 0.15) is 5.56 Å².